The molecule has 3 heteroatoms. The van der Waals surface area contributed by atoms with Crippen molar-refractivity contribution in [1.82, 2.24) is 15.1 Å². The summed E-state index contributed by atoms with van der Waals surface area (Å²) in [6.45, 7) is 10.9. The van der Waals surface area contributed by atoms with Crippen molar-refractivity contribution >= 4 is 0 Å². The van der Waals surface area contributed by atoms with Crippen LogP contribution < -0.4 is 5.32 Å². The molecule has 1 aromatic heterocycles. The van der Waals surface area contributed by atoms with Crippen LogP contribution in [0.15, 0.2) is 24.4 Å². The summed E-state index contributed by atoms with van der Waals surface area (Å²) in [6, 6.07) is 7.37. The van der Waals surface area contributed by atoms with Gasteiger partial charge in [0, 0.05) is 24.7 Å². The van der Waals surface area contributed by atoms with Crippen LogP contribution in [0.25, 0.3) is 0 Å². The zero-order chi connectivity index (χ0) is 15.6. The van der Waals surface area contributed by atoms with E-state index in [1.807, 2.05) is 11.7 Å². The zero-order valence-corrected chi connectivity index (χ0v) is 14.1. The number of nitrogens with one attached hydrogen (secondary N) is 1. The zero-order valence-electron chi connectivity index (χ0n) is 14.1. The summed E-state index contributed by atoms with van der Waals surface area (Å²) >= 11 is 0. The first-order valence-electron chi connectivity index (χ1n) is 7.71. The van der Waals surface area contributed by atoms with E-state index >= 15 is 0 Å². The second-order valence-corrected chi connectivity index (χ2v) is 6.24. The third-order valence-electron chi connectivity index (χ3n) is 4.04. The smallest absolute Gasteiger partial charge is 0.0643 e. The SMILES string of the molecule is CNC(Cc1ccn(C(C)C)n1)c1c(C)cc(C)cc1C. The van der Waals surface area contributed by atoms with E-state index in [0.717, 1.165) is 12.1 Å². The maximum absolute atomic E-state index is 4.68. The highest BCUT2D eigenvalue weighted by Crippen LogP contribution is 2.26. The quantitative estimate of drug-likeness (QED) is 0.903. The summed E-state index contributed by atoms with van der Waals surface area (Å²) < 4.78 is 2.02. The highest BCUT2D eigenvalue weighted by molar-refractivity contribution is 5.40. The first kappa shape index (κ1) is 15.8. The molecule has 1 N–H and O–H groups in total. The molecule has 0 bridgehead atoms. The second-order valence-electron chi connectivity index (χ2n) is 6.24. The van der Waals surface area contributed by atoms with Gasteiger partial charge >= 0.3 is 0 Å². The average molecular weight is 285 g/mol. The van der Waals surface area contributed by atoms with Gasteiger partial charge in [0.2, 0.25) is 0 Å². The Kier molecular flexibility index (Phi) is 4.84. The highest BCUT2D eigenvalue weighted by Gasteiger charge is 2.17. The second kappa shape index (κ2) is 6.44. The van der Waals surface area contributed by atoms with Crippen molar-refractivity contribution in [3.63, 3.8) is 0 Å². The molecule has 1 aromatic carbocycles. The van der Waals surface area contributed by atoms with Gasteiger partial charge in [-0.05, 0) is 64.4 Å². The van der Waals surface area contributed by atoms with Crippen LogP contribution in [0.2, 0.25) is 0 Å². The van der Waals surface area contributed by atoms with Gasteiger partial charge < -0.3 is 5.32 Å². The standard InChI is InChI=1S/C18H27N3/c1-12(2)21-8-7-16(20-21)11-17(19-6)18-14(4)9-13(3)10-15(18)5/h7-10,12,17,19H,11H2,1-6H3. The Bertz CT molecular complexity index is 588. The Morgan fingerprint density at radius 1 is 1.14 bits per heavy atom. The van der Waals surface area contributed by atoms with E-state index < -0.39 is 0 Å². The summed E-state index contributed by atoms with van der Waals surface area (Å²) in [5.74, 6) is 0. The minimum atomic E-state index is 0.307. The number of likely N-dealkylation sites (N-methyl/N-ethyl adjacent to an activating group) is 1. The van der Waals surface area contributed by atoms with E-state index in [9.17, 15) is 0 Å². The number of rotatable bonds is 5. The maximum atomic E-state index is 4.68. The Balaban J connectivity index is 2.27. The molecule has 2 rings (SSSR count). The van der Waals surface area contributed by atoms with E-state index in [1.165, 1.54) is 22.3 Å². The highest BCUT2D eigenvalue weighted by atomic mass is 15.3. The molecular formula is C18H27N3. The Labute approximate surface area is 128 Å². The van der Waals surface area contributed by atoms with Crippen molar-refractivity contribution in [2.24, 2.45) is 0 Å². The van der Waals surface area contributed by atoms with E-state index in [0.29, 0.717) is 12.1 Å². The molecule has 0 saturated carbocycles. The first-order valence-corrected chi connectivity index (χ1v) is 7.71. The molecule has 0 saturated heterocycles. The fraction of sp³-hybridized carbons (Fsp3) is 0.500. The molecule has 0 radical (unpaired) electrons. The molecule has 1 atom stereocenters. The van der Waals surface area contributed by atoms with Gasteiger partial charge in [-0.3, -0.25) is 4.68 Å². The van der Waals surface area contributed by atoms with E-state index in [4.69, 9.17) is 0 Å². The minimum absolute atomic E-state index is 0.307. The molecule has 1 heterocycles. The van der Waals surface area contributed by atoms with Crippen molar-refractivity contribution in [2.75, 3.05) is 7.05 Å². The molecule has 0 fully saturated rings. The van der Waals surface area contributed by atoms with Crippen LogP contribution in [0, 0.1) is 20.8 Å². The van der Waals surface area contributed by atoms with Crippen molar-refractivity contribution in [3.8, 4) is 0 Å². The largest absolute Gasteiger partial charge is 0.313 e. The van der Waals surface area contributed by atoms with Crippen LogP contribution >= 0.6 is 0 Å². The molecule has 0 spiro atoms. The maximum Gasteiger partial charge on any atom is 0.0643 e. The van der Waals surface area contributed by atoms with Gasteiger partial charge in [-0.25, -0.2) is 0 Å². The lowest BCUT2D eigenvalue weighted by Gasteiger charge is -2.21. The van der Waals surface area contributed by atoms with Gasteiger partial charge in [-0.15, -0.1) is 0 Å². The van der Waals surface area contributed by atoms with Crippen molar-refractivity contribution in [3.05, 3.63) is 52.3 Å². The normalized spacial score (nSPS) is 12.9. The van der Waals surface area contributed by atoms with Crippen LogP contribution in [0.5, 0.6) is 0 Å². The van der Waals surface area contributed by atoms with Gasteiger partial charge in [-0.1, -0.05) is 17.7 Å². The number of aromatic nitrogens is 2. The fourth-order valence-corrected chi connectivity index (χ4v) is 3.07. The van der Waals surface area contributed by atoms with Gasteiger partial charge in [-0.2, -0.15) is 5.10 Å². The third-order valence-corrected chi connectivity index (χ3v) is 4.04. The fourth-order valence-electron chi connectivity index (χ4n) is 3.07. The molecule has 0 aliphatic heterocycles. The predicted octanol–water partition coefficient (Wildman–Crippen LogP) is 3.89. The van der Waals surface area contributed by atoms with E-state index in [2.05, 4.69) is 69.4 Å². The van der Waals surface area contributed by atoms with Crippen LogP contribution in [-0.2, 0) is 6.42 Å². The van der Waals surface area contributed by atoms with Crippen LogP contribution in [0.1, 0.15) is 53.9 Å². The topological polar surface area (TPSA) is 29.9 Å². The summed E-state index contributed by atoms with van der Waals surface area (Å²) in [6.07, 6.45) is 2.99. The lowest BCUT2D eigenvalue weighted by atomic mass is 9.92. The number of hydrogen-bond acceptors (Lipinski definition) is 2. The van der Waals surface area contributed by atoms with Crippen molar-refractivity contribution in [2.45, 2.75) is 53.1 Å². The number of hydrogen-bond donors (Lipinski definition) is 1. The molecule has 0 aliphatic carbocycles. The van der Waals surface area contributed by atoms with Crippen LogP contribution in [-0.4, -0.2) is 16.8 Å². The number of nitrogens with zero attached hydrogens (tertiary/aromatic N) is 2. The van der Waals surface area contributed by atoms with E-state index in [1.54, 1.807) is 0 Å². The average Bonchev–Trinajstić information content (AvgIpc) is 2.85. The monoisotopic (exact) mass is 285 g/mol. The van der Waals surface area contributed by atoms with Gasteiger partial charge in [0.05, 0.1) is 5.69 Å². The van der Waals surface area contributed by atoms with Crippen molar-refractivity contribution < 1.29 is 0 Å². The molecule has 0 amide bonds. The third kappa shape index (κ3) is 3.53. The molecule has 1 unspecified atom stereocenters. The summed E-state index contributed by atoms with van der Waals surface area (Å²) in [5, 5.41) is 8.13. The van der Waals surface area contributed by atoms with E-state index in [-0.39, 0.29) is 0 Å². The molecule has 2 aromatic rings. The van der Waals surface area contributed by atoms with Crippen LogP contribution in [0.4, 0.5) is 0 Å². The summed E-state index contributed by atoms with van der Waals surface area (Å²) in [5.41, 5.74) is 6.59. The molecule has 114 valence electrons. The Morgan fingerprint density at radius 3 is 2.24 bits per heavy atom. The van der Waals surface area contributed by atoms with Crippen molar-refractivity contribution in [1.29, 1.82) is 0 Å². The molecule has 21 heavy (non-hydrogen) atoms. The summed E-state index contributed by atoms with van der Waals surface area (Å²) in [7, 11) is 2.03. The van der Waals surface area contributed by atoms with Crippen LogP contribution in [0.3, 0.4) is 0 Å². The van der Waals surface area contributed by atoms with Gasteiger partial charge in [0.15, 0.2) is 0 Å². The molecule has 0 aliphatic rings. The van der Waals surface area contributed by atoms with Gasteiger partial charge in [0.1, 0.15) is 0 Å². The number of aryl methyl sites for hydroxylation is 3. The Morgan fingerprint density at radius 2 is 1.76 bits per heavy atom. The summed E-state index contributed by atoms with van der Waals surface area (Å²) in [4.78, 5) is 0. The van der Waals surface area contributed by atoms with Gasteiger partial charge in [0.25, 0.3) is 0 Å². The predicted molar refractivity (Wildman–Crippen MR) is 88.8 cm³/mol. The minimum Gasteiger partial charge on any atom is -0.313 e. The first-order chi connectivity index (χ1) is 9.92. The number of benzene rings is 1. The molecular weight excluding hydrogens is 258 g/mol. The lowest BCUT2D eigenvalue weighted by Crippen LogP contribution is -2.21. The Hall–Kier alpha value is -1.61. The molecule has 3 nitrogen and oxygen atoms in total. The lowest BCUT2D eigenvalue weighted by molar-refractivity contribution is 0.514.